The Kier molecular flexibility index (Phi) is 8.92. The summed E-state index contributed by atoms with van der Waals surface area (Å²) in [7, 11) is -3.30. The summed E-state index contributed by atoms with van der Waals surface area (Å²) in [5.74, 6) is 0.458. The number of nitrogens with one attached hydrogen (secondary N) is 2. The van der Waals surface area contributed by atoms with Crippen LogP contribution >= 0.6 is 0 Å². The number of carbonyl (C=O) groups is 2. The molecule has 8 nitrogen and oxygen atoms in total. The van der Waals surface area contributed by atoms with Crippen molar-refractivity contribution in [1.29, 1.82) is 0 Å². The molecule has 1 saturated carbocycles. The van der Waals surface area contributed by atoms with Gasteiger partial charge in [0.25, 0.3) is 0 Å². The number of hydrogen-bond donors (Lipinski definition) is 2. The summed E-state index contributed by atoms with van der Waals surface area (Å²) in [4.78, 5) is 31.2. The van der Waals surface area contributed by atoms with Crippen molar-refractivity contribution in [3.63, 3.8) is 0 Å². The maximum atomic E-state index is 14.5. The van der Waals surface area contributed by atoms with E-state index in [1.54, 1.807) is 36.1 Å². The van der Waals surface area contributed by atoms with Gasteiger partial charge >= 0.3 is 0 Å². The van der Waals surface area contributed by atoms with Crippen LogP contribution in [0.3, 0.4) is 0 Å². The van der Waals surface area contributed by atoms with E-state index in [2.05, 4.69) is 10.6 Å². The van der Waals surface area contributed by atoms with Crippen LogP contribution in [0.4, 0.5) is 11.4 Å². The van der Waals surface area contributed by atoms with Crippen LogP contribution in [-0.2, 0) is 19.4 Å². The zero-order valence-corrected chi connectivity index (χ0v) is 27.3. The van der Waals surface area contributed by atoms with Gasteiger partial charge in [-0.2, -0.15) is 0 Å². The first-order chi connectivity index (χ1) is 21.1. The zero-order valence-electron chi connectivity index (χ0n) is 26.5. The maximum Gasteiger partial charge on any atom is 0.244 e. The van der Waals surface area contributed by atoms with E-state index in [4.69, 9.17) is 0 Å². The Hall–Kier alpha value is -2.75. The normalized spacial score (nSPS) is 27.4. The molecule has 0 radical (unpaired) electrons. The third kappa shape index (κ3) is 6.07. The van der Waals surface area contributed by atoms with Crippen LogP contribution in [0, 0.1) is 5.92 Å². The van der Waals surface area contributed by atoms with Gasteiger partial charge in [0.15, 0.2) is 9.84 Å². The van der Waals surface area contributed by atoms with Crippen LogP contribution in [0.15, 0.2) is 47.4 Å². The molecule has 1 aliphatic carbocycles. The van der Waals surface area contributed by atoms with Gasteiger partial charge in [-0.1, -0.05) is 63.1 Å². The van der Waals surface area contributed by atoms with Gasteiger partial charge < -0.3 is 20.4 Å². The molecule has 6 rings (SSSR count). The first-order valence-corrected chi connectivity index (χ1v) is 18.5. The number of hydrogen-bond acceptors (Lipinski definition) is 6. The molecule has 238 valence electrons. The van der Waals surface area contributed by atoms with E-state index >= 15 is 0 Å². The number of piperidine rings is 1. The topological polar surface area (TPSA) is 98.8 Å². The van der Waals surface area contributed by atoms with E-state index in [9.17, 15) is 18.0 Å². The molecular formula is C35H48N4O4S. The van der Waals surface area contributed by atoms with Crippen LogP contribution in [0.1, 0.15) is 84.5 Å². The summed E-state index contributed by atoms with van der Waals surface area (Å²) in [5, 5.41) is 7.80. The summed E-state index contributed by atoms with van der Waals surface area (Å²) in [6.07, 6.45) is 14.6. The third-order valence-corrected chi connectivity index (χ3v) is 11.8. The van der Waals surface area contributed by atoms with E-state index in [0.29, 0.717) is 18.5 Å². The molecule has 3 aliphatic heterocycles. The molecular weight excluding hydrogens is 572 g/mol. The van der Waals surface area contributed by atoms with E-state index in [1.165, 1.54) is 64.0 Å². The van der Waals surface area contributed by atoms with Gasteiger partial charge in [0.1, 0.15) is 0 Å². The van der Waals surface area contributed by atoms with Crippen molar-refractivity contribution < 1.29 is 18.0 Å². The number of nitrogens with zero attached hydrogens (tertiary/aromatic N) is 2. The second-order valence-electron chi connectivity index (χ2n) is 13.7. The molecule has 3 unspecified atom stereocenters. The Morgan fingerprint density at radius 1 is 0.886 bits per heavy atom. The molecule has 4 atom stereocenters. The van der Waals surface area contributed by atoms with Crippen LogP contribution in [0.25, 0.3) is 11.1 Å². The molecule has 9 heteroatoms. The molecule has 0 bridgehead atoms. The van der Waals surface area contributed by atoms with Gasteiger partial charge in [-0.15, -0.1) is 0 Å². The van der Waals surface area contributed by atoms with Crippen molar-refractivity contribution in [2.45, 2.75) is 113 Å². The maximum absolute atomic E-state index is 14.5. The lowest BCUT2D eigenvalue weighted by molar-refractivity contribution is -0.121. The summed E-state index contributed by atoms with van der Waals surface area (Å²) >= 11 is 0. The van der Waals surface area contributed by atoms with Crippen LogP contribution < -0.4 is 20.4 Å². The lowest BCUT2D eigenvalue weighted by Crippen LogP contribution is -2.59. The highest BCUT2D eigenvalue weighted by Crippen LogP contribution is 2.44. The summed E-state index contributed by atoms with van der Waals surface area (Å²) in [6.45, 7) is 5.00. The molecule has 2 amide bonds. The molecule has 1 spiro atoms. The molecule has 4 aliphatic rings. The van der Waals surface area contributed by atoms with Crippen molar-refractivity contribution in [2.75, 3.05) is 29.1 Å². The number of rotatable bonds is 3. The molecule has 2 saturated heterocycles. The van der Waals surface area contributed by atoms with Gasteiger partial charge in [-0.3, -0.25) is 9.59 Å². The highest BCUT2D eigenvalue weighted by molar-refractivity contribution is 7.90. The third-order valence-electron chi connectivity index (χ3n) is 10.7. The van der Waals surface area contributed by atoms with Gasteiger partial charge in [0.05, 0.1) is 28.4 Å². The Balaban J connectivity index is 1.30. The summed E-state index contributed by atoms with van der Waals surface area (Å²) in [6, 6.07) is 12.6. The van der Waals surface area contributed by atoms with Gasteiger partial charge in [-0.05, 0) is 80.5 Å². The minimum Gasteiger partial charge on any atom is -0.311 e. The van der Waals surface area contributed by atoms with Crippen molar-refractivity contribution in [3.8, 4) is 11.1 Å². The average Bonchev–Trinajstić information content (AvgIpc) is 3.45. The highest BCUT2D eigenvalue weighted by atomic mass is 32.2. The molecule has 2 N–H and O–H groups in total. The Morgan fingerprint density at radius 2 is 1.52 bits per heavy atom. The smallest absolute Gasteiger partial charge is 0.244 e. The fraction of sp³-hybridized carbons (Fsp3) is 0.600. The summed E-state index contributed by atoms with van der Waals surface area (Å²) in [5.41, 5.74) is 3.30. The quantitative estimate of drug-likeness (QED) is 0.474. The number of fused-ring (bicyclic) bond motifs is 3. The molecule has 44 heavy (non-hydrogen) atoms. The zero-order chi connectivity index (χ0) is 31.1. The number of sulfone groups is 1. The lowest BCUT2D eigenvalue weighted by Gasteiger charge is -2.47. The largest absolute Gasteiger partial charge is 0.311 e. The van der Waals surface area contributed by atoms with Gasteiger partial charge in [0, 0.05) is 31.3 Å². The number of carbonyl (C=O) groups excluding carboxylic acids is 2. The molecule has 3 fully saturated rings. The monoisotopic (exact) mass is 620 g/mol. The van der Waals surface area contributed by atoms with Crippen molar-refractivity contribution >= 4 is 33.0 Å². The van der Waals surface area contributed by atoms with Gasteiger partial charge in [-0.25, -0.2) is 8.42 Å². The Bertz CT molecular complexity index is 1480. The van der Waals surface area contributed by atoms with Crippen molar-refractivity contribution in [1.82, 2.24) is 10.6 Å². The molecule has 2 aromatic rings. The number of anilines is 2. The minimum atomic E-state index is -3.30. The standard InChI is InChI=1S/C35H48N4O4S/c1-24-23-38(33-21-27(13-16-32(33)39(24)25(2)40)26-11-14-28(15-12-26)44(3,42)43)34(41)31-22-29-30(37-31)17-20-36-35(29)18-9-7-5-4-6-8-10-19-35/h11-16,21,24,29-31,36-37H,4-10,17-20,22-23H2,1-3H3/t24-,29?,30?,31?/m0/s1. The fourth-order valence-electron chi connectivity index (χ4n) is 8.55. The van der Waals surface area contributed by atoms with E-state index in [0.717, 1.165) is 41.9 Å². The molecule has 0 aromatic heterocycles. The van der Waals surface area contributed by atoms with Crippen LogP contribution in [0.2, 0.25) is 0 Å². The first-order valence-electron chi connectivity index (χ1n) is 16.6. The molecule has 2 aromatic carbocycles. The predicted molar refractivity (Wildman–Crippen MR) is 176 cm³/mol. The van der Waals surface area contributed by atoms with Crippen LogP contribution in [-0.4, -0.2) is 63.2 Å². The van der Waals surface area contributed by atoms with Crippen molar-refractivity contribution in [3.05, 3.63) is 42.5 Å². The second kappa shape index (κ2) is 12.6. The number of benzene rings is 2. The van der Waals surface area contributed by atoms with E-state index in [1.807, 2.05) is 30.0 Å². The van der Waals surface area contributed by atoms with Crippen molar-refractivity contribution in [2.24, 2.45) is 5.92 Å². The number of amides is 2. The average molecular weight is 621 g/mol. The lowest BCUT2D eigenvalue weighted by atomic mass is 9.69. The highest BCUT2D eigenvalue weighted by Gasteiger charge is 2.51. The Labute approximate surface area is 262 Å². The van der Waals surface area contributed by atoms with Gasteiger partial charge in [0.2, 0.25) is 11.8 Å². The minimum absolute atomic E-state index is 0.0508. The molecule has 3 heterocycles. The van der Waals surface area contributed by atoms with Crippen LogP contribution in [0.5, 0.6) is 0 Å². The summed E-state index contributed by atoms with van der Waals surface area (Å²) < 4.78 is 24.0. The SMILES string of the molecule is CC(=O)N1c2ccc(-c3ccc(S(C)(=O)=O)cc3)cc2N(C(=O)C2CC3C(CCNC34CCCCCCCCC4)N2)C[C@@H]1C. The van der Waals surface area contributed by atoms with E-state index < -0.39 is 9.84 Å². The predicted octanol–water partition coefficient (Wildman–Crippen LogP) is 5.45. The first kappa shape index (κ1) is 31.2. The van der Waals surface area contributed by atoms with E-state index in [-0.39, 0.29) is 34.3 Å². The fourth-order valence-corrected chi connectivity index (χ4v) is 9.18. The second-order valence-corrected chi connectivity index (χ2v) is 15.7. The Morgan fingerprint density at radius 3 is 2.16 bits per heavy atom.